The van der Waals surface area contributed by atoms with Crippen molar-refractivity contribution in [2.75, 3.05) is 24.5 Å². The van der Waals surface area contributed by atoms with Crippen molar-refractivity contribution in [1.82, 2.24) is 5.32 Å². The van der Waals surface area contributed by atoms with Crippen LogP contribution in [-0.4, -0.2) is 25.7 Å². The molecule has 0 bridgehead atoms. The first-order valence-electron chi connectivity index (χ1n) is 6.83. The zero-order valence-corrected chi connectivity index (χ0v) is 12.8. The Labute approximate surface area is 118 Å². The lowest BCUT2D eigenvalue weighted by Gasteiger charge is -2.31. The molecule has 3 rings (SSSR count). The zero-order chi connectivity index (χ0) is 12.8. The molecular weight excluding hydrogens is 288 g/mol. The quantitative estimate of drug-likeness (QED) is 0.856. The summed E-state index contributed by atoms with van der Waals surface area (Å²) in [6.07, 6.45) is 2.78. The van der Waals surface area contributed by atoms with Crippen LogP contribution in [0, 0.1) is 12.3 Å². The van der Waals surface area contributed by atoms with Gasteiger partial charge in [-0.15, -0.1) is 0 Å². The third-order valence-corrected chi connectivity index (χ3v) is 5.30. The number of halogens is 1. The van der Waals surface area contributed by atoms with Crippen LogP contribution >= 0.6 is 15.9 Å². The van der Waals surface area contributed by atoms with Crippen LogP contribution in [0.25, 0.3) is 0 Å². The Morgan fingerprint density at radius 3 is 2.83 bits per heavy atom. The van der Waals surface area contributed by atoms with Crippen molar-refractivity contribution in [1.29, 1.82) is 0 Å². The van der Waals surface area contributed by atoms with Gasteiger partial charge in [-0.05, 0) is 50.5 Å². The van der Waals surface area contributed by atoms with Crippen LogP contribution in [-0.2, 0) is 0 Å². The van der Waals surface area contributed by atoms with Gasteiger partial charge >= 0.3 is 0 Å². The highest BCUT2D eigenvalue weighted by atomic mass is 79.9. The molecule has 0 radical (unpaired) electrons. The van der Waals surface area contributed by atoms with E-state index in [-0.39, 0.29) is 0 Å². The second kappa shape index (κ2) is 4.53. The molecule has 1 atom stereocenters. The van der Waals surface area contributed by atoms with E-state index in [9.17, 15) is 0 Å². The largest absolute Gasteiger partial charge is 0.367 e. The summed E-state index contributed by atoms with van der Waals surface area (Å²) in [6.45, 7) is 8.00. The molecule has 18 heavy (non-hydrogen) atoms. The van der Waals surface area contributed by atoms with Gasteiger partial charge in [0.1, 0.15) is 0 Å². The number of nitrogens with one attached hydrogen (secondary N) is 1. The van der Waals surface area contributed by atoms with Gasteiger partial charge in [0, 0.05) is 41.3 Å². The molecule has 0 aromatic heterocycles. The maximum absolute atomic E-state index is 3.62. The fraction of sp³-hybridized carbons (Fsp3) is 0.600. The number of aryl methyl sites for hydroxylation is 1. The highest BCUT2D eigenvalue weighted by molar-refractivity contribution is 9.10. The van der Waals surface area contributed by atoms with E-state index >= 15 is 0 Å². The van der Waals surface area contributed by atoms with Crippen molar-refractivity contribution in [2.45, 2.75) is 32.7 Å². The first kappa shape index (κ1) is 12.5. The predicted octanol–water partition coefficient (Wildman–Crippen LogP) is 3.34. The van der Waals surface area contributed by atoms with E-state index in [0.717, 1.165) is 6.54 Å². The number of anilines is 1. The smallest absolute Gasteiger partial charge is 0.0386 e. The molecule has 98 valence electrons. The lowest BCUT2D eigenvalue weighted by Crippen LogP contribution is -2.38. The molecule has 1 N–H and O–H groups in total. The van der Waals surface area contributed by atoms with E-state index in [1.165, 1.54) is 41.7 Å². The van der Waals surface area contributed by atoms with Gasteiger partial charge in [-0.2, -0.15) is 0 Å². The monoisotopic (exact) mass is 308 g/mol. The van der Waals surface area contributed by atoms with Crippen molar-refractivity contribution < 1.29 is 0 Å². The molecule has 1 aliphatic carbocycles. The maximum Gasteiger partial charge on any atom is 0.0386 e. The minimum Gasteiger partial charge on any atom is -0.367 e. The minimum absolute atomic E-state index is 0.561. The van der Waals surface area contributed by atoms with E-state index in [4.69, 9.17) is 0 Å². The lowest BCUT2D eigenvalue weighted by atomic mass is 10.1. The van der Waals surface area contributed by atoms with E-state index in [2.05, 4.69) is 58.2 Å². The second-order valence-electron chi connectivity index (χ2n) is 6.04. The van der Waals surface area contributed by atoms with Gasteiger partial charge < -0.3 is 10.2 Å². The Morgan fingerprint density at radius 2 is 2.17 bits per heavy atom. The highest BCUT2D eigenvalue weighted by Gasteiger charge is 2.45. The molecule has 1 saturated carbocycles. The molecule has 2 nitrogen and oxygen atoms in total. The first-order chi connectivity index (χ1) is 8.60. The SMILES string of the molecule is Cc1cc(N2CC3(CC3)CNCC2C)ccc1Br. The number of hydrogen-bond donors (Lipinski definition) is 1. The van der Waals surface area contributed by atoms with Gasteiger partial charge in [-0.25, -0.2) is 0 Å². The average Bonchev–Trinajstić information content (AvgIpc) is 3.12. The average molecular weight is 309 g/mol. The Balaban J connectivity index is 1.89. The molecule has 1 heterocycles. The van der Waals surface area contributed by atoms with E-state index in [1.54, 1.807) is 0 Å². The summed E-state index contributed by atoms with van der Waals surface area (Å²) in [4.78, 5) is 2.59. The van der Waals surface area contributed by atoms with Crippen LogP contribution in [0.2, 0.25) is 0 Å². The molecule has 1 unspecified atom stereocenters. The van der Waals surface area contributed by atoms with Crippen molar-refractivity contribution in [3.8, 4) is 0 Å². The molecule has 1 aromatic carbocycles. The van der Waals surface area contributed by atoms with Crippen LogP contribution in [0.15, 0.2) is 22.7 Å². The lowest BCUT2D eigenvalue weighted by molar-refractivity contribution is 0.500. The molecule has 2 aliphatic rings. The third kappa shape index (κ3) is 2.30. The Morgan fingerprint density at radius 1 is 1.39 bits per heavy atom. The fourth-order valence-corrected chi connectivity index (χ4v) is 3.14. The number of nitrogens with zero attached hydrogens (tertiary/aromatic N) is 1. The van der Waals surface area contributed by atoms with E-state index in [1.807, 2.05) is 0 Å². The third-order valence-electron chi connectivity index (χ3n) is 4.41. The normalized spacial score (nSPS) is 26.2. The van der Waals surface area contributed by atoms with E-state index in [0.29, 0.717) is 11.5 Å². The maximum atomic E-state index is 3.62. The van der Waals surface area contributed by atoms with Crippen LogP contribution in [0.4, 0.5) is 5.69 Å². The summed E-state index contributed by atoms with van der Waals surface area (Å²) in [7, 11) is 0. The summed E-state index contributed by atoms with van der Waals surface area (Å²) in [5.74, 6) is 0. The standard InChI is InChI=1S/C15H21BrN2/c1-11-7-13(3-4-14(11)16)18-10-15(5-6-15)9-17-8-12(18)2/h3-4,7,12,17H,5-6,8-10H2,1-2H3. The van der Waals surface area contributed by atoms with Gasteiger partial charge in [0.15, 0.2) is 0 Å². The summed E-state index contributed by atoms with van der Waals surface area (Å²) >= 11 is 3.59. The Bertz CT molecular complexity index is 454. The van der Waals surface area contributed by atoms with E-state index < -0.39 is 0 Å². The molecular formula is C15H21BrN2. The number of benzene rings is 1. The van der Waals surface area contributed by atoms with Crippen LogP contribution < -0.4 is 10.2 Å². The van der Waals surface area contributed by atoms with Gasteiger partial charge in [0.25, 0.3) is 0 Å². The zero-order valence-electron chi connectivity index (χ0n) is 11.2. The summed E-state index contributed by atoms with van der Waals surface area (Å²) in [5.41, 5.74) is 3.26. The Kier molecular flexibility index (Phi) is 3.15. The molecule has 1 aliphatic heterocycles. The van der Waals surface area contributed by atoms with Crippen LogP contribution in [0.1, 0.15) is 25.3 Å². The van der Waals surface area contributed by atoms with Crippen molar-refractivity contribution >= 4 is 21.6 Å². The van der Waals surface area contributed by atoms with Gasteiger partial charge in [-0.3, -0.25) is 0 Å². The molecule has 0 amide bonds. The summed E-state index contributed by atoms with van der Waals surface area (Å²) < 4.78 is 1.20. The molecule has 1 saturated heterocycles. The second-order valence-corrected chi connectivity index (χ2v) is 6.90. The fourth-order valence-electron chi connectivity index (χ4n) is 2.89. The van der Waals surface area contributed by atoms with Crippen molar-refractivity contribution in [3.63, 3.8) is 0 Å². The highest BCUT2D eigenvalue weighted by Crippen LogP contribution is 2.47. The minimum atomic E-state index is 0.561. The van der Waals surface area contributed by atoms with Crippen molar-refractivity contribution in [2.24, 2.45) is 5.41 Å². The van der Waals surface area contributed by atoms with Crippen LogP contribution in [0.5, 0.6) is 0 Å². The molecule has 1 spiro atoms. The summed E-state index contributed by atoms with van der Waals surface area (Å²) in [5, 5.41) is 3.62. The topological polar surface area (TPSA) is 15.3 Å². The summed E-state index contributed by atoms with van der Waals surface area (Å²) in [6, 6.07) is 7.30. The number of hydrogen-bond acceptors (Lipinski definition) is 2. The molecule has 2 fully saturated rings. The van der Waals surface area contributed by atoms with Gasteiger partial charge in [0.05, 0.1) is 0 Å². The molecule has 1 aromatic rings. The van der Waals surface area contributed by atoms with Crippen LogP contribution in [0.3, 0.4) is 0 Å². The Hall–Kier alpha value is -0.540. The first-order valence-corrected chi connectivity index (χ1v) is 7.62. The van der Waals surface area contributed by atoms with Gasteiger partial charge in [-0.1, -0.05) is 15.9 Å². The van der Waals surface area contributed by atoms with Gasteiger partial charge in [0.2, 0.25) is 0 Å². The molecule has 3 heteroatoms. The number of rotatable bonds is 1. The van der Waals surface area contributed by atoms with Crippen molar-refractivity contribution in [3.05, 3.63) is 28.2 Å². The predicted molar refractivity (Wildman–Crippen MR) is 80.2 cm³/mol.